The third-order valence-corrected chi connectivity index (χ3v) is 2.97. The minimum absolute atomic E-state index is 0.253. The van der Waals surface area contributed by atoms with Crippen molar-refractivity contribution in [2.45, 2.75) is 20.4 Å². The van der Waals surface area contributed by atoms with Crippen LogP contribution in [0.2, 0.25) is 0 Å². The number of rotatable bonds is 7. The van der Waals surface area contributed by atoms with Crippen LogP contribution in [0.5, 0.6) is 0 Å². The van der Waals surface area contributed by atoms with E-state index in [1.165, 1.54) is 0 Å². The summed E-state index contributed by atoms with van der Waals surface area (Å²) in [5, 5.41) is 5.14. The molecule has 1 aromatic heterocycles. The molecule has 0 spiro atoms. The molecule has 1 aromatic rings. The normalized spacial score (nSPS) is 10.3. The van der Waals surface area contributed by atoms with Crippen molar-refractivity contribution in [1.29, 1.82) is 0 Å². The minimum Gasteiger partial charge on any atom is -0.347 e. The topological polar surface area (TPSA) is 74.3 Å². The van der Waals surface area contributed by atoms with Gasteiger partial charge in [0.15, 0.2) is 0 Å². The molecule has 6 nitrogen and oxygen atoms in total. The summed E-state index contributed by atoms with van der Waals surface area (Å²) in [4.78, 5) is 29.4. The Morgan fingerprint density at radius 2 is 1.85 bits per heavy atom. The number of likely N-dealkylation sites (N-methyl/N-ethyl adjacent to an activating group) is 1. The lowest BCUT2D eigenvalue weighted by Gasteiger charge is -2.17. The highest BCUT2D eigenvalue weighted by atomic mass is 16.2. The molecule has 0 aliphatic rings. The van der Waals surface area contributed by atoms with Gasteiger partial charge in [0.2, 0.25) is 0 Å². The molecular weight excluding hydrogens is 256 g/mol. The summed E-state index contributed by atoms with van der Waals surface area (Å²) in [5.41, 5.74) is 0.719. The molecule has 0 saturated heterocycles. The molecular formula is C14H22N4O2. The maximum Gasteiger partial charge on any atom is 0.309 e. The number of amides is 2. The summed E-state index contributed by atoms with van der Waals surface area (Å²) in [6, 6.07) is 5.42. The first-order chi connectivity index (χ1) is 9.67. The van der Waals surface area contributed by atoms with Gasteiger partial charge in [0, 0.05) is 19.3 Å². The number of hydrogen-bond acceptors (Lipinski definition) is 4. The largest absolute Gasteiger partial charge is 0.347 e. The number of aromatic nitrogens is 1. The highest BCUT2D eigenvalue weighted by Gasteiger charge is 2.12. The standard InChI is InChI=1S/C14H22N4O2/c1-3-18(4-2)10-9-16-13(19)14(20)17-11-12-7-5-6-8-15-12/h5-8H,3-4,9-11H2,1-2H3,(H,16,19)(H,17,20). The van der Waals surface area contributed by atoms with Gasteiger partial charge in [-0.3, -0.25) is 14.6 Å². The number of nitrogens with one attached hydrogen (secondary N) is 2. The first kappa shape index (κ1) is 16.1. The molecule has 0 aromatic carbocycles. The van der Waals surface area contributed by atoms with Crippen molar-refractivity contribution in [3.63, 3.8) is 0 Å². The Hall–Kier alpha value is -1.95. The summed E-state index contributed by atoms with van der Waals surface area (Å²) < 4.78 is 0. The Balaban J connectivity index is 2.24. The fourth-order valence-corrected chi connectivity index (χ4v) is 1.70. The van der Waals surface area contributed by atoms with Crippen molar-refractivity contribution in [1.82, 2.24) is 20.5 Å². The van der Waals surface area contributed by atoms with Crippen LogP contribution in [0.15, 0.2) is 24.4 Å². The Morgan fingerprint density at radius 3 is 2.45 bits per heavy atom. The molecule has 2 amide bonds. The van der Waals surface area contributed by atoms with Gasteiger partial charge < -0.3 is 15.5 Å². The second kappa shape index (κ2) is 9.03. The molecule has 6 heteroatoms. The van der Waals surface area contributed by atoms with Crippen LogP contribution < -0.4 is 10.6 Å². The molecule has 1 heterocycles. The van der Waals surface area contributed by atoms with Gasteiger partial charge in [0.1, 0.15) is 0 Å². The lowest BCUT2D eigenvalue weighted by Crippen LogP contribution is -2.42. The lowest BCUT2D eigenvalue weighted by atomic mass is 10.3. The minimum atomic E-state index is -0.629. The van der Waals surface area contributed by atoms with Crippen molar-refractivity contribution in [2.24, 2.45) is 0 Å². The van der Waals surface area contributed by atoms with Crippen LogP contribution in [-0.2, 0) is 16.1 Å². The molecule has 1 rings (SSSR count). The van der Waals surface area contributed by atoms with Crippen LogP contribution in [0.25, 0.3) is 0 Å². The highest BCUT2D eigenvalue weighted by molar-refractivity contribution is 6.35. The van der Waals surface area contributed by atoms with Crippen LogP contribution in [0.1, 0.15) is 19.5 Å². The molecule has 0 aliphatic carbocycles. The summed E-state index contributed by atoms with van der Waals surface area (Å²) in [6.07, 6.45) is 1.64. The SMILES string of the molecule is CCN(CC)CCNC(=O)C(=O)NCc1ccccn1. The average Bonchev–Trinajstić information content (AvgIpc) is 2.50. The fourth-order valence-electron chi connectivity index (χ4n) is 1.70. The molecule has 0 saturated carbocycles. The Kier molecular flexibility index (Phi) is 7.27. The maximum absolute atomic E-state index is 11.6. The van der Waals surface area contributed by atoms with E-state index in [0.29, 0.717) is 6.54 Å². The molecule has 0 unspecified atom stereocenters. The number of carbonyl (C=O) groups is 2. The first-order valence-corrected chi connectivity index (χ1v) is 6.85. The van der Waals surface area contributed by atoms with E-state index in [9.17, 15) is 9.59 Å². The van der Waals surface area contributed by atoms with Crippen molar-refractivity contribution in [3.05, 3.63) is 30.1 Å². The van der Waals surface area contributed by atoms with E-state index in [-0.39, 0.29) is 6.54 Å². The highest BCUT2D eigenvalue weighted by Crippen LogP contribution is 1.91. The molecule has 0 atom stereocenters. The third-order valence-electron chi connectivity index (χ3n) is 2.97. The van der Waals surface area contributed by atoms with Crippen LogP contribution >= 0.6 is 0 Å². The zero-order chi connectivity index (χ0) is 14.8. The fraction of sp³-hybridized carbons (Fsp3) is 0.500. The monoisotopic (exact) mass is 278 g/mol. The number of carbonyl (C=O) groups excluding carboxylic acids is 2. The van der Waals surface area contributed by atoms with Crippen LogP contribution in [0.4, 0.5) is 0 Å². The van der Waals surface area contributed by atoms with Crippen molar-refractivity contribution < 1.29 is 9.59 Å². The zero-order valence-corrected chi connectivity index (χ0v) is 12.1. The van der Waals surface area contributed by atoms with E-state index in [4.69, 9.17) is 0 Å². The molecule has 0 aliphatic heterocycles. The van der Waals surface area contributed by atoms with E-state index >= 15 is 0 Å². The van der Waals surface area contributed by atoms with Crippen LogP contribution in [0, 0.1) is 0 Å². The van der Waals surface area contributed by atoms with Gasteiger partial charge in [-0.25, -0.2) is 0 Å². The quantitative estimate of drug-likeness (QED) is 0.697. The van der Waals surface area contributed by atoms with Gasteiger partial charge in [-0.15, -0.1) is 0 Å². The van der Waals surface area contributed by atoms with E-state index < -0.39 is 11.8 Å². The van der Waals surface area contributed by atoms with Gasteiger partial charge in [0.25, 0.3) is 0 Å². The van der Waals surface area contributed by atoms with Gasteiger partial charge in [-0.2, -0.15) is 0 Å². The molecule has 2 N–H and O–H groups in total. The smallest absolute Gasteiger partial charge is 0.309 e. The molecule has 0 fully saturated rings. The zero-order valence-electron chi connectivity index (χ0n) is 12.1. The van der Waals surface area contributed by atoms with E-state index in [1.807, 2.05) is 6.07 Å². The summed E-state index contributed by atoms with van der Waals surface area (Å²) >= 11 is 0. The number of hydrogen-bond donors (Lipinski definition) is 2. The van der Waals surface area contributed by atoms with Gasteiger partial charge in [-0.05, 0) is 25.2 Å². The maximum atomic E-state index is 11.6. The predicted molar refractivity (Wildman–Crippen MR) is 76.9 cm³/mol. The summed E-state index contributed by atoms with van der Waals surface area (Å²) in [5.74, 6) is -1.23. The second-order valence-electron chi connectivity index (χ2n) is 4.29. The summed E-state index contributed by atoms with van der Waals surface area (Å²) in [7, 11) is 0. The lowest BCUT2D eigenvalue weighted by molar-refractivity contribution is -0.139. The van der Waals surface area contributed by atoms with Crippen molar-refractivity contribution in [2.75, 3.05) is 26.2 Å². The summed E-state index contributed by atoms with van der Waals surface area (Å²) in [6.45, 7) is 7.44. The molecule has 0 radical (unpaired) electrons. The number of nitrogens with zero attached hydrogens (tertiary/aromatic N) is 2. The third kappa shape index (κ3) is 5.79. The number of pyridine rings is 1. The van der Waals surface area contributed by atoms with E-state index in [2.05, 4.69) is 34.4 Å². The Morgan fingerprint density at radius 1 is 1.15 bits per heavy atom. The van der Waals surface area contributed by atoms with Gasteiger partial charge >= 0.3 is 11.8 Å². The molecule has 110 valence electrons. The molecule has 20 heavy (non-hydrogen) atoms. The first-order valence-electron chi connectivity index (χ1n) is 6.85. The van der Waals surface area contributed by atoms with E-state index in [1.54, 1.807) is 18.3 Å². The average molecular weight is 278 g/mol. The van der Waals surface area contributed by atoms with Crippen LogP contribution in [0.3, 0.4) is 0 Å². The van der Waals surface area contributed by atoms with Gasteiger partial charge in [-0.1, -0.05) is 19.9 Å². The Labute approximate surface area is 119 Å². The van der Waals surface area contributed by atoms with Crippen LogP contribution in [-0.4, -0.2) is 47.9 Å². The van der Waals surface area contributed by atoms with Crippen molar-refractivity contribution in [3.8, 4) is 0 Å². The van der Waals surface area contributed by atoms with Gasteiger partial charge in [0.05, 0.1) is 12.2 Å². The van der Waals surface area contributed by atoms with Crippen molar-refractivity contribution >= 4 is 11.8 Å². The van der Waals surface area contributed by atoms with E-state index in [0.717, 1.165) is 25.3 Å². The Bertz CT molecular complexity index is 418. The predicted octanol–water partition coefficient (Wildman–Crippen LogP) is 0.156. The second-order valence-corrected chi connectivity index (χ2v) is 4.29. The molecule has 0 bridgehead atoms.